The molecule has 2 heterocycles. The van der Waals surface area contributed by atoms with Crippen LogP contribution in [0.4, 0.5) is 0 Å². The van der Waals surface area contributed by atoms with Gasteiger partial charge in [-0.1, -0.05) is 37.8 Å². The molecular formula is C15H25N3OS2. The average Bonchev–Trinajstić information content (AvgIpc) is 2.87. The standard InChI is InChI=1S/C15H25N3OS2/c1-11-12(21-9-8-20-11)13-17-14(19-18-13)15(10-16)6-4-2-3-5-7-15/h11-12H,2-10,16H2,1H3. The van der Waals surface area contributed by atoms with E-state index in [-0.39, 0.29) is 5.41 Å². The van der Waals surface area contributed by atoms with E-state index in [1.165, 1.54) is 37.2 Å². The number of rotatable bonds is 3. The van der Waals surface area contributed by atoms with Crippen LogP contribution in [0.3, 0.4) is 0 Å². The zero-order chi connectivity index (χ0) is 14.7. The molecule has 1 aromatic rings. The normalized spacial score (nSPS) is 30.0. The van der Waals surface area contributed by atoms with Gasteiger partial charge in [-0.2, -0.15) is 16.7 Å². The first-order valence-electron chi connectivity index (χ1n) is 8.02. The van der Waals surface area contributed by atoms with Crippen LogP contribution in [-0.2, 0) is 5.41 Å². The second kappa shape index (κ2) is 6.92. The maximum atomic E-state index is 6.12. The lowest BCUT2D eigenvalue weighted by atomic mass is 9.80. The third-order valence-corrected chi connectivity index (χ3v) is 7.88. The molecule has 1 saturated carbocycles. The Kier molecular flexibility index (Phi) is 5.17. The number of nitrogens with two attached hydrogens (primary N) is 1. The maximum absolute atomic E-state index is 6.12. The monoisotopic (exact) mass is 327 g/mol. The summed E-state index contributed by atoms with van der Waals surface area (Å²) in [4.78, 5) is 4.80. The number of hydrogen-bond donors (Lipinski definition) is 1. The summed E-state index contributed by atoms with van der Waals surface area (Å²) in [6, 6.07) is 0. The summed E-state index contributed by atoms with van der Waals surface area (Å²) in [6.45, 7) is 2.89. The molecule has 118 valence electrons. The van der Waals surface area contributed by atoms with Crippen LogP contribution < -0.4 is 5.73 Å². The summed E-state index contributed by atoms with van der Waals surface area (Å²) < 4.78 is 5.69. The molecular weight excluding hydrogens is 302 g/mol. The highest BCUT2D eigenvalue weighted by Gasteiger charge is 2.38. The second-order valence-electron chi connectivity index (χ2n) is 6.22. The molecule has 3 rings (SSSR count). The Bertz CT molecular complexity index is 458. The van der Waals surface area contributed by atoms with Gasteiger partial charge in [0, 0.05) is 23.3 Å². The Morgan fingerprint density at radius 3 is 2.57 bits per heavy atom. The minimum Gasteiger partial charge on any atom is -0.339 e. The predicted octanol–water partition coefficient (Wildman–Crippen LogP) is 3.53. The molecule has 4 nitrogen and oxygen atoms in total. The molecule has 0 radical (unpaired) electrons. The molecule has 0 aromatic carbocycles. The molecule has 21 heavy (non-hydrogen) atoms. The van der Waals surface area contributed by atoms with Gasteiger partial charge < -0.3 is 10.3 Å². The lowest BCUT2D eigenvalue weighted by Gasteiger charge is -2.27. The molecule has 0 bridgehead atoms. The molecule has 6 heteroatoms. The summed E-state index contributed by atoms with van der Waals surface area (Å²) in [5.41, 5.74) is 6.05. The SMILES string of the molecule is CC1SCCSC1c1noc(C2(CN)CCCCCC2)n1. The van der Waals surface area contributed by atoms with Gasteiger partial charge in [-0.15, -0.1) is 11.8 Å². The third kappa shape index (κ3) is 3.27. The van der Waals surface area contributed by atoms with E-state index in [4.69, 9.17) is 15.2 Å². The number of aromatic nitrogens is 2. The highest BCUT2D eigenvalue weighted by atomic mass is 32.2. The van der Waals surface area contributed by atoms with E-state index < -0.39 is 0 Å². The van der Waals surface area contributed by atoms with E-state index in [1.54, 1.807) is 0 Å². The second-order valence-corrected chi connectivity index (χ2v) is 8.96. The van der Waals surface area contributed by atoms with Gasteiger partial charge >= 0.3 is 0 Å². The minimum absolute atomic E-state index is 0.0720. The first kappa shape index (κ1) is 15.7. The van der Waals surface area contributed by atoms with E-state index in [1.807, 2.05) is 23.5 Å². The summed E-state index contributed by atoms with van der Waals surface area (Å²) in [5, 5.41) is 5.23. The van der Waals surface area contributed by atoms with Crippen molar-refractivity contribution in [2.24, 2.45) is 5.73 Å². The van der Waals surface area contributed by atoms with Gasteiger partial charge in [0.1, 0.15) is 0 Å². The Morgan fingerprint density at radius 2 is 1.90 bits per heavy atom. The fourth-order valence-corrected chi connectivity index (χ4v) is 6.07. The van der Waals surface area contributed by atoms with Crippen molar-refractivity contribution in [3.05, 3.63) is 11.7 Å². The van der Waals surface area contributed by atoms with E-state index >= 15 is 0 Å². The summed E-state index contributed by atoms with van der Waals surface area (Å²) in [7, 11) is 0. The molecule has 2 fully saturated rings. The molecule has 0 spiro atoms. The summed E-state index contributed by atoms with van der Waals surface area (Å²) in [5.74, 6) is 4.07. The highest BCUT2D eigenvalue weighted by Crippen LogP contribution is 2.43. The van der Waals surface area contributed by atoms with Crippen LogP contribution in [0.1, 0.15) is 62.4 Å². The number of thioether (sulfide) groups is 2. The Balaban J connectivity index is 1.82. The van der Waals surface area contributed by atoms with Crippen molar-refractivity contribution in [2.45, 2.75) is 61.4 Å². The van der Waals surface area contributed by atoms with Crippen LogP contribution in [-0.4, -0.2) is 33.4 Å². The summed E-state index contributed by atoms with van der Waals surface area (Å²) >= 11 is 3.96. The molecule has 1 aromatic heterocycles. The van der Waals surface area contributed by atoms with Gasteiger partial charge in [0.05, 0.1) is 10.7 Å². The molecule has 2 N–H and O–H groups in total. The smallest absolute Gasteiger partial charge is 0.234 e. The predicted molar refractivity (Wildman–Crippen MR) is 89.9 cm³/mol. The van der Waals surface area contributed by atoms with Gasteiger partial charge in [-0.3, -0.25) is 0 Å². The van der Waals surface area contributed by atoms with Crippen molar-refractivity contribution in [1.82, 2.24) is 10.1 Å². The van der Waals surface area contributed by atoms with E-state index in [0.717, 1.165) is 24.6 Å². The summed E-state index contributed by atoms with van der Waals surface area (Å²) in [6.07, 6.45) is 7.23. The lowest BCUT2D eigenvalue weighted by molar-refractivity contribution is 0.256. The molecule has 1 aliphatic heterocycles. The minimum atomic E-state index is -0.0720. The van der Waals surface area contributed by atoms with E-state index in [9.17, 15) is 0 Å². The average molecular weight is 328 g/mol. The Labute approximate surface area is 135 Å². The van der Waals surface area contributed by atoms with Crippen LogP contribution in [0.2, 0.25) is 0 Å². The zero-order valence-corrected chi connectivity index (χ0v) is 14.3. The van der Waals surface area contributed by atoms with Crippen molar-refractivity contribution in [2.75, 3.05) is 18.1 Å². The lowest BCUT2D eigenvalue weighted by Crippen LogP contribution is -2.35. The van der Waals surface area contributed by atoms with Gasteiger partial charge in [-0.05, 0) is 12.8 Å². The largest absolute Gasteiger partial charge is 0.339 e. The molecule has 2 aliphatic rings. The number of nitrogens with zero attached hydrogens (tertiary/aromatic N) is 2. The molecule has 2 unspecified atom stereocenters. The first-order valence-corrected chi connectivity index (χ1v) is 10.1. The van der Waals surface area contributed by atoms with Crippen molar-refractivity contribution in [1.29, 1.82) is 0 Å². The van der Waals surface area contributed by atoms with Crippen LogP contribution >= 0.6 is 23.5 Å². The maximum Gasteiger partial charge on any atom is 0.234 e. The van der Waals surface area contributed by atoms with Crippen LogP contribution in [0.5, 0.6) is 0 Å². The zero-order valence-electron chi connectivity index (χ0n) is 12.7. The van der Waals surface area contributed by atoms with Gasteiger partial charge in [0.15, 0.2) is 5.82 Å². The van der Waals surface area contributed by atoms with Crippen molar-refractivity contribution in [3.8, 4) is 0 Å². The Hall–Kier alpha value is -0.200. The van der Waals surface area contributed by atoms with E-state index in [2.05, 4.69) is 12.1 Å². The molecule has 2 atom stereocenters. The van der Waals surface area contributed by atoms with Crippen molar-refractivity contribution < 1.29 is 4.52 Å². The quantitative estimate of drug-likeness (QED) is 0.857. The molecule has 1 aliphatic carbocycles. The fourth-order valence-electron chi connectivity index (χ4n) is 3.39. The first-order chi connectivity index (χ1) is 10.2. The van der Waals surface area contributed by atoms with Crippen molar-refractivity contribution >= 4 is 23.5 Å². The van der Waals surface area contributed by atoms with Crippen LogP contribution in [0.25, 0.3) is 0 Å². The van der Waals surface area contributed by atoms with Gasteiger partial charge in [0.2, 0.25) is 5.89 Å². The van der Waals surface area contributed by atoms with Gasteiger partial charge in [0.25, 0.3) is 0 Å². The van der Waals surface area contributed by atoms with E-state index in [0.29, 0.717) is 17.0 Å². The Morgan fingerprint density at radius 1 is 1.19 bits per heavy atom. The highest BCUT2D eigenvalue weighted by molar-refractivity contribution is 8.06. The van der Waals surface area contributed by atoms with Gasteiger partial charge in [-0.25, -0.2) is 0 Å². The molecule has 0 amide bonds. The van der Waals surface area contributed by atoms with Crippen LogP contribution in [0.15, 0.2) is 4.52 Å². The molecule has 1 saturated heterocycles. The topological polar surface area (TPSA) is 64.9 Å². The third-order valence-electron chi connectivity index (χ3n) is 4.79. The number of hydrogen-bond acceptors (Lipinski definition) is 6. The van der Waals surface area contributed by atoms with Crippen molar-refractivity contribution in [3.63, 3.8) is 0 Å². The fraction of sp³-hybridized carbons (Fsp3) is 0.867. The van der Waals surface area contributed by atoms with Crippen LogP contribution in [0, 0.1) is 0 Å².